The van der Waals surface area contributed by atoms with Crippen LogP contribution in [0.2, 0.25) is 0 Å². The predicted molar refractivity (Wildman–Crippen MR) is 47.1 cm³/mol. The van der Waals surface area contributed by atoms with Gasteiger partial charge >= 0.3 is 5.97 Å². The Kier molecular flexibility index (Phi) is 2.90. The largest absolute Gasteiger partial charge is 0.481 e. The van der Waals surface area contributed by atoms with E-state index < -0.39 is 11.9 Å². The van der Waals surface area contributed by atoms with Crippen LogP contribution in [0.4, 0.5) is 0 Å². The summed E-state index contributed by atoms with van der Waals surface area (Å²) in [6, 6.07) is 0.141. The Morgan fingerprint density at radius 2 is 2.15 bits per heavy atom. The fraction of sp³-hybridized carbons (Fsp3) is 0.778. The van der Waals surface area contributed by atoms with Crippen LogP contribution < -0.4 is 5.32 Å². The summed E-state index contributed by atoms with van der Waals surface area (Å²) in [5, 5.41) is 11.4. The molecule has 2 N–H and O–H groups in total. The van der Waals surface area contributed by atoms with Crippen molar-refractivity contribution in [1.82, 2.24) is 5.32 Å². The van der Waals surface area contributed by atoms with Crippen LogP contribution in [0.25, 0.3) is 0 Å². The molecule has 1 fully saturated rings. The van der Waals surface area contributed by atoms with Crippen molar-refractivity contribution >= 4 is 11.9 Å². The van der Waals surface area contributed by atoms with Crippen molar-refractivity contribution in [3.8, 4) is 0 Å². The lowest BCUT2D eigenvalue weighted by molar-refractivity contribution is -0.140. The summed E-state index contributed by atoms with van der Waals surface area (Å²) in [6.07, 6.45) is 1.37. The van der Waals surface area contributed by atoms with Crippen LogP contribution in [0.3, 0.4) is 0 Å². The zero-order valence-electron chi connectivity index (χ0n) is 7.91. The van der Waals surface area contributed by atoms with Gasteiger partial charge in [-0.1, -0.05) is 6.92 Å². The van der Waals surface area contributed by atoms with Crippen LogP contribution in [0.5, 0.6) is 0 Å². The number of carbonyl (C=O) groups is 2. The first-order valence-electron chi connectivity index (χ1n) is 4.59. The summed E-state index contributed by atoms with van der Waals surface area (Å²) in [7, 11) is 0. The van der Waals surface area contributed by atoms with Gasteiger partial charge < -0.3 is 10.4 Å². The molecule has 0 spiro atoms. The maximum atomic E-state index is 11.3. The van der Waals surface area contributed by atoms with Gasteiger partial charge in [0.1, 0.15) is 0 Å². The van der Waals surface area contributed by atoms with Gasteiger partial charge in [0.2, 0.25) is 5.91 Å². The Labute approximate surface area is 77.3 Å². The molecule has 0 heterocycles. The molecule has 0 aromatic rings. The average Bonchev–Trinajstić information content (AvgIpc) is 2.82. The molecule has 4 heteroatoms. The minimum absolute atomic E-state index is 0.109. The highest BCUT2D eigenvalue weighted by atomic mass is 16.4. The third kappa shape index (κ3) is 2.44. The zero-order valence-corrected chi connectivity index (χ0v) is 7.91. The van der Waals surface area contributed by atoms with E-state index in [2.05, 4.69) is 5.32 Å². The first kappa shape index (κ1) is 10.0. The lowest BCUT2D eigenvalue weighted by Crippen LogP contribution is -2.33. The van der Waals surface area contributed by atoms with Crippen LogP contribution in [0, 0.1) is 11.8 Å². The first-order chi connectivity index (χ1) is 6.06. The summed E-state index contributed by atoms with van der Waals surface area (Å²) >= 11 is 0. The Morgan fingerprint density at radius 1 is 1.54 bits per heavy atom. The zero-order chi connectivity index (χ0) is 10.0. The molecular weight excluding hydrogens is 170 g/mol. The predicted octanol–water partition coefficient (Wildman–Crippen LogP) is 0.622. The molecule has 0 aromatic carbocycles. The van der Waals surface area contributed by atoms with Crippen LogP contribution in [-0.2, 0) is 9.59 Å². The highest BCUT2D eigenvalue weighted by Crippen LogP contribution is 2.38. The van der Waals surface area contributed by atoms with E-state index in [9.17, 15) is 9.59 Å². The molecule has 1 aliphatic rings. The summed E-state index contributed by atoms with van der Waals surface area (Å²) in [5.41, 5.74) is 0. The number of rotatable bonds is 4. The topological polar surface area (TPSA) is 66.4 Å². The SMILES string of the molecule is CCC(C)NC(=O)[C@@H]1C[C@@H]1C(=O)O. The highest BCUT2D eigenvalue weighted by Gasteiger charge is 2.48. The van der Waals surface area contributed by atoms with Crippen molar-refractivity contribution in [1.29, 1.82) is 0 Å². The molecule has 0 radical (unpaired) electrons. The van der Waals surface area contributed by atoms with Gasteiger partial charge in [-0.2, -0.15) is 0 Å². The molecular formula is C9H15NO3. The van der Waals surface area contributed by atoms with E-state index in [4.69, 9.17) is 5.11 Å². The van der Waals surface area contributed by atoms with E-state index in [1.807, 2.05) is 13.8 Å². The molecule has 1 unspecified atom stereocenters. The number of carbonyl (C=O) groups excluding carboxylic acids is 1. The molecule has 13 heavy (non-hydrogen) atoms. The Hall–Kier alpha value is -1.06. The molecule has 0 bridgehead atoms. The number of hydrogen-bond donors (Lipinski definition) is 2. The second-order valence-electron chi connectivity index (χ2n) is 3.60. The van der Waals surface area contributed by atoms with Crippen molar-refractivity contribution < 1.29 is 14.7 Å². The Balaban J connectivity index is 2.31. The molecule has 4 nitrogen and oxygen atoms in total. The van der Waals surface area contributed by atoms with E-state index in [-0.39, 0.29) is 17.9 Å². The lowest BCUT2D eigenvalue weighted by atomic mass is 10.2. The average molecular weight is 185 g/mol. The summed E-state index contributed by atoms with van der Waals surface area (Å²) in [4.78, 5) is 21.8. The lowest BCUT2D eigenvalue weighted by Gasteiger charge is -2.10. The standard InChI is InChI=1S/C9H15NO3/c1-3-5(2)10-8(11)6-4-7(6)9(12)13/h5-7H,3-4H2,1-2H3,(H,10,11)(H,12,13)/t5?,6-,7+/m1/s1. The molecule has 1 amide bonds. The van der Waals surface area contributed by atoms with Gasteiger partial charge in [0, 0.05) is 6.04 Å². The van der Waals surface area contributed by atoms with Crippen molar-refractivity contribution in [3.63, 3.8) is 0 Å². The summed E-state index contributed by atoms with van der Waals surface area (Å²) in [6.45, 7) is 3.89. The Bertz CT molecular complexity index is 227. The molecule has 0 aliphatic heterocycles. The fourth-order valence-electron chi connectivity index (χ4n) is 1.21. The minimum Gasteiger partial charge on any atom is -0.481 e. The molecule has 1 saturated carbocycles. The van der Waals surface area contributed by atoms with Crippen LogP contribution in [0.1, 0.15) is 26.7 Å². The number of nitrogens with one attached hydrogen (secondary N) is 1. The van der Waals surface area contributed by atoms with Crippen molar-refractivity contribution in [2.24, 2.45) is 11.8 Å². The highest BCUT2D eigenvalue weighted by molar-refractivity contribution is 5.89. The number of aliphatic carboxylic acids is 1. The van der Waals surface area contributed by atoms with Gasteiger partial charge in [0.15, 0.2) is 0 Å². The van der Waals surface area contributed by atoms with Gasteiger partial charge in [0.25, 0.3) is 0 Å². The number of hydrogen-bond acceptors (Lipinski definition) is 2. The van der Waals surface area contributed by atoms with Gasteiger partial charge in [-0.3, -0.25) is 9.59 Å². The Morgan fingerprint density at radius 3 is 2.54 bits per heavy atom. The maximum Gasteiger partial charge on any atom is 0.307 e. The molecule has 1 rings (SSSR count). The van der Waals surface area contributed by atoms with Crippen molar-refractivity contribution in [2.75, 3.05) is 0 Å². The van der Waals surface area contributed by atoms with E-state index >= 15 is 0 Å². The quantitative estimate of drug-likeness (QED) is 0.674. The molecule has 3 atom stereocenters. The number of amides is 1. The number of carboxylic acid groups (broad SMARTS) is 1. The van der Waals surface area contributed by atoms with Crippen LogP contribution >= 0.6 is 0 Å². The van der Waals surface area contributed by atoms with Gasteiger partial charge in [0.05, 0.1) is 11.8 Å². The van der Waals surface area contributed by atoms with Crippen LogP contribution in [-0.4, -0.2) is 23.0 Å². The van der Waals surface area contributed by atoms with Crippen LogP contribution in [0.15, 0.2) is 0 Å². The minimum atomic E-state index is -0.857. The van der Waals surface area contributed by atoms with E-state index in [0.29, 0.717) is 6.42 Å². The molecule has 74 valence electrons. The van der Waals surface area contributed by atoms with E-state index in [0.717, 1.165) is 6.42 Å². The van der Waals surface area contributed by atoms with Gasteiger partial charge in [-0.05, 0) is 19.8 Å². The number of carboxylic acids is 1. The van der Waals surface area contributed by atoms with Gasteiger partial charge in [-0.25, -0.2) is 0 Å². The fourth-order valence-corrected chi connectivity index (χ4v) is 1.21. The normalized spacial score (nSPS) is 27.8. The van der Waals surface area contributed by atoms with Crippen molar-refractivity contribution in [3.05, 3.63) is 0 Å². The third-order valence-corrected chi connectivity index (χ3v) is 2.45. The second kappa shape index (κ2) is 3.77. The van der Waals surface area contributed by atoms with E-state index in [1.54, 1.807) is 0 Å². The first-order valence-corrected chi connectivity index (χ1v) is 4.59. The summed E-state index contributed by atoms with van der Waals surface area (Å²) < 4.78 is 0. The summed E-state index contributed by atoms with van der Waals surface area (Å²) in [5.74, 6) is -1.69. The monoisotopic (exact) mass is 185 g/mol. The van der Waals surface area contributed by atoms with E-state index in [1.165, 1.54) is 0 Å². The second-order valence-corrected chi connectivity index (χ2v) is 3.60. The smallest absolute Gasteiger partial charge is 0.307 e. The molecule has 0 saturated heterocycles. The third-order valence-electron chi connectivity index (χ3n) is 2.45. The molecule has 1 aliphatic carbocycles. The van der Waals surface area contributed by atoms with Gasteiger partial charge in [-0.15, -0.1) is 0 Å². The van der Waals surface area contributed by atoms with Crippen molar-refractivity contribution in [2.45, 2.75) is 32.7 Å². The maximum absolute atomic E-state index is 11.3. The molecule has 0 aromatic heterocycles.